The van der Waals surface area contributed by atoms with Crippen LogP contribution in [0.25, 0.3) is 0 Å². The zero-order chi connectivity index (χ0) is 19.2. The van der Waals surface area contributed by atoms with Gasteiger partial charge in [0.2, 0.25) is 0 Å². The molecule has 1 aliphatic carbocycles. The van der Waals surface area contributed by atoms with Crippen molar-refractivity contribution < 1.29 is 23.1 Å². The Labute approximate surface area is 152 Å². The molecule has 2 fully saturated rings. The molecule has 1 heterocycles. The van der Waals surface area contributed by atoms with Gasteiger partial charge in [0, 0.05) is 32.1 Å². The molecule has 1 aliphatic heterocycles. The fourth-order valence-corrected chi connectivity index (χ4v) is 3.77. The van der Waals surface area contributed by atoms with Crippen LogP contribution in [0.1, 0.15) is 50.2 Å². The molecule has 2 N–H and O–H groups in total. The van der Waals surface area contributed by atoms with Crippen molar-refractivity contribution in [3.05, 3.63) is 35.4 Å². The van der Waals surface area contributed by atoms with Crippen molar-refractivity contribution in [2.45, 2.75) is 63.8 Å². The number of nitrogens with one attached hydrogen (secondary N) is 1. The number of rotatable bonds is 4. The van der Waals surface area contributed by atoms with Crippen molar-refractivity contribution in [3.63, 3.8) is 0 Å². The lowest BCUT2D eigenvalue weighted by molar-refractivity contribution is -0.137. The normalized spacial score (nSPS) is 20.9. The second-order valence-corrected chi connectivity index (χ2v) is 6.97. The first-order valence-electron chi connectivity index (χ1n) is 9.09. The lowest BCUT2D eigenvalue weighted by Gasteiger charge is -2.34. The van der Waals surface area contributed by atoms with Crippen molar-refractivity contribution in [1.82, 2.24) is 10.2 Å². The van der Waals surface area contributed by atoms with Gasteiger partial charge in [0.05, 0.1) is 5.56 Å². The number of halogens is 3. The van der Waals surface area contributed by atoms with Crippen LogP contribution in [-0.2, 0) is 17.5 Å². The van der Waals surface area contributed by atoms with Crippen LogP contribution < -0.4 is 5.32 Å². The Balaban J connectivity index is 0.000000552. The molecule has 3 rings (SSSR count). The number of carboxylic acids is 1. The minimum Gasteiger partial charge on any atom is -0.481 e. The third-order valence-electron chi connectivity index (χ3n) is 4.92. The van der Waals surface area contributed by atoms with E-state index in [0.29, 0.717) is 18.6 Å². The predicted molar refractivity (Wildman–Crippen MR) is 93.8 cm³/mol. The van der Waals surface area contributed by atoms with Crippen LogP contribution in [0.5, 0.6) is 0 Å². The maximum absolute atomic E-state index is 12.9. The first-order chi connectivity index (χ1) is 12.3. The van der Waals surface area contributed by atoms with Gasteiger partial charge in [-0.2, -0.15) is 13.2 Å². The van der Waals surface area contributed by atoms with Crippen LogP contribution in [0.15, 0.2) is 24.3 Å². The molecule has 0 unspecified atom stereocenters. The molecule has 7 heteroatoms. The minimum atomic E-state index is -4.26. The van der Waals surface area contributed by atoms with Gasteiger partial charge in [0.15, 0.2) is 0 Å². The number of benzene rings is 1. The number of carboxylic acid groups (broad SMARTS) is 1. The fraction of sp³-hybridized carbons (Fsp3) is 0.632. The molecule has 0 amide bonds. The zero-order valence-corrected chi connectivity index (χ0v) is 15.1. The maximum Gasteiger partial charge on any atom is 0.416 e. The molecule has 1 saturated heterocycles. The molecule has 0 bridgehead atoms. The van der Waals surface area contributed by atoms with E-state index in [2.05, 4.69) is 10.2 Å². The van der Waals surface area contributed by atoms with Crippen molar-refractivity contribution >= 4 is 5.97 Å². The summed E-state index contributed by atoms with van der Waals surface area (Å²) < 4.78 is 38.7. The molecule has 4 nitrogen and oxygen atoms in total. The Morgan fingerprint density at radius 1 is 1.23 bits per heavy atom. The van der Waals surface area contributed by atoms with Gasteiger partial charge in [0.25, 0.3) is 5.97 Å². The van der Waals surface area contributed by atoms with Gasteiger partial charge >= 0.3 is 6.18 Å². The van der Waals surface area contributed by atoms with Gasteiger partial charge in [-0.15, -0.1) is 0 Å². The van der Waals surface area contributed by atoms with E-state index in [1.54, 1.807) is 0 Å². The van der Waals surface area contributed by atoms with Crippen LogP contribution in [0, 0.1) is 0 Å². The largest absolute Gasteiger partial charge is 0.481 e. The van der Waals surface area contributed by atoms with Gasteiger partial charge in [-0.3, -0.25) is 9.69 Å². The SMILES string of the molecule is CC(=O)O.FC(F)(F)c1cccc(CN(C2CCCC2)[C@H]2CCNC2)c1. The lowest BCUT2D eigenvalue weighted by atomic mass is 10.1. The molecule has 146 valence electrons. The van der Waals surface area contributed by atoms with Gasteiger partial charge in [-0.1, -0.05) is 31.0 Å². The van der Waals surface area contributed by atoms with Gasteiger partial charge in [-0.05, 0) is 37.4 Å². The Morgan fingerprint density at radius 3 is 2.42 bits per heavy atom. The number of alkyl halides is 3. The monoisotopic (exact) mass is 372 g/mol. The molecule has 1 saturated carbocycles. The van der Waals surface area contributed by atoms with E-state index in [4.69, 9.17) is 9.90 Å². The Bertz CT molecular complexity index is 560. The Kier molecular flexibility index (Phi) is 7.46. The molecule has 0 spiro atoms. The highest BCUT2D eigenvalue weighted by molar-refractivity contribution is 5.62. The van der Waals surface area contributed by atoms with Gasteiger partial charge in [-0.25, -0.2) is 0 Å². The standard InChI is InChI=1S/C17H23F3N2.C2H4O2/c18-17(19,20)14-5-3-4-13(10-14)12-22(15-6-1-2-7-15)16-8-9-21-11-16;1-2(3)4/h3-5,10,15-16,21H,1-2,6-9,11-12H2;1H3,(H,3,4)/t16-;/m0./s1. The van der Waals surface area contributed by atoms with Crippen molar-refractivity contribution in [1.29, 1.82) is 0 Å². The molecular formula is C19H27F3N2O2. The van der Waals surface area contributed by atoms with Gasteiger partial charge in [0.1, 0.15) is 0 Å². The van der Waals surface area contributed by atoms with Crippen LogP contribution in [0.3, 0.4) is 0 Å². The molecule has 1 aromatic rings. The summed E-state index contributed by atoms with van der Waals surface area (Å²) in [7, 11) is 0. The predicted octanol–water partition coefficient (Wildman–Crippen LogP) is 3.90. The molecule has 26 heavy (non-hydrogen) atoms. The maximum atomic E-state index is 12.9. The van der Waals surface area contributed by atoms with E-state index in [1.807, 2.05) is 6.07 Å². The Hall–Kier alpha value is -1.60. The summed E-state index contributed by atoms with van der Waals surface area (Å²) in [5.74, 6) is -0.833. The van der Waals surface area contributed by atoms with Crippen LogP contribution in [0.4, 0.5) is 13.2 Å². The lowest BCUT2D eigenvalue weighted by Crippen LogP contribution is -2.42. The minimum absolute atomic E-state index is 0.456. The fourth-order valence-electron chi connectivity index (χ4n) is 3.77. The average molecular weight is 372 g/mol. The van der Waals surface area contributed by atoms with Crippen molar-refractivity contribution in [3.8, 4) is 0 Å². The van der Waals surface area contributed by atoms with E-state index >= 15 is 0 Å². The Morgan fingerprint density at radius 2 is 1.88 bits per heavy atom. The average Bonchev–Trinajstić information content (AvgIpc) is 3.25. The van der Waals surface area contributed by atoms with E-state index in [9.17, 15) is 13.2 Å². The summed E-state index contributed by atoms with van der Waals surface area (Å²) >= 11 is 0. The van der Waals surface area contributed by atoms with E-state index in [1.165, 1.54) is 37.8 Å². The molecule has 1 atom stereocenters. The summed E-state index contributed by atoms with van der Waals surface area (Å²) in [6.07, 6.45) is 1.66. The van der Waals surface area contributed by atoms with Crippen molar-refractivity contribution in [2.75, 3.05) is 13.1 Å². The quantitative estimate of drug-likeness (QED) is 0.842. The first-order valence-corrected chi connectivity index (χ1v) is 9.09. The highest BCUT2D eigenvalue weighted by atomic mass is 19.4. The summed E-state index contributed by atoms with van der Waals surface area (Å²) in [6.45, 7) is 3.67. The second-order valence-electron chi connectivity index (χ2n) is 6.97. The van der Waals surface area contributed by atoms with Crippen LogP contribution >= 0.6 is 0 Å². The summed E-state index contributed by atoms with van der Waals surface area (Å²) in [5, 5.41) is 10.8. The molecule has 2 aliphatic rings. The first kappa shape index (κ1) is 20.7. The third kappa shape index (κ3) is 6.29. The molecular weight excluding hydrogens is 345 g/mol. The third-order valence-corrected chi connectivity index (χ3v) is 4.92. The smallest absolute Gasteiger partial charge is 0.416 e. The molecule has 1 aromatic carbocycles. The second kappa shape index (κ2) is 9.37. The van der Waals surface area contributed by atoms with Gasteiger partial charge < -0.3 is 10.4 Å². The summed E-state index contributed by atoms with van der Waals surface area (Å²) in [6, 6.07) is 6.79. The van der Waals surface area contributed by atoms with E-state index in [0.717, 1.165) is 38.1 Å². The molecule has 0 radical (unpaired) electrons. The summed E-state index contributed by atoms with van der Waals surface area (Å²) in [4.78, 5) is 11.4. The van der Waals surface area contributed by atoms with Crippen LogP contribution in [-0.4, -0.2) is 41.1 Å². The van der Waals surface area contributed by atoms with Crippen LogP contribution in [0.2, 0.25) is 0 Å². The van der Waals surface area contributed by atoms with Crippen molar-refractivity contribution in [2.24, 2.45) is 0 Å². The number of aliphatic carboxylic acids is 1. The number of carbonyl (C=O) groups is 1. The number of nitrogens with zero attached hydrogens (tertiary/aromatic N) is 1. The van der Waals surface area contributed by atoms with E-state index < -0.39 is 17.7 Å². The molecule has 0 aromatic heterocycles. The highest BCUT2D eigenvalue weighted by Crippen LogP contribution is 2.32. The number of hydrogen-bond donors (Lipinski definition) is 2. The zero-order valence-electron chi connectivity index (χ0n) is 15.1. The van der Waals surface area contributed by atoms with E-state index in [-0.39, 0.29) is 0 Å². The number of hydrogen-bond acceptors (Lipinski definition) is 3. The topological polar surface area (TPSA) is 52.6 Å². The highest BCUT2D eigenvalue weighted by Gasteiger charge is 2.32. The summed E-state index contributed by atoms with van der Waals surface area (Å²) in [5.41, 5.74) is 0.231.